The van der Waals surface area contributed by atoms with Crippen molar-refractivity contribution >= 4 is 34.3 Å². The van der Waals surface area contributed by atoms with Crippen LogP contribution in [0.4, 0.5) is 5.69 Å². The van der Waals surface area contributed by atoms with E-state index in [1.807, 2.05) is 31.2 Å². The predicted octanol–water partition coefficient (Wildman–Crippen LogP) is 3.25. The van der Waals surface area contributed by atoms with Gasteiger partial charge in [0.15, 0.2) is 17.1 Å². The summed E-state index contributed by atoms with van der Waals surface area (Å²) in [6, 6.07) is 16.0. The van der Waals surface area contributed by atoms with Crippen LogP contribution in [0.15, 0.2) is 70.3 Å². The second-order valence-electron chi connectivity index (χ2n) is 9.80. The first-order chi connectivity index (χ1) is 18.5. The minimum atomic E-state index is -1.78. The van der Waals surface area contributed by atoms with Gasteiger partial charge in [-0.05, 0) is 24.6 Å². The summed E-state index contributed by atoms with van der Waals surface area (Å²) in [7, 11) is 0. The lowest BCUT2D eigenvalue weighted by Gasteiger charge is -2.37. The molecule has 1 saturated heterocycles. The summed E-state index contributed by atoms with van der Waals surface area (Å²) in [4.78, 5) is 47.4. The second kappa shape index (κ2) is 9.41. The molecule has 1 atom stereocenters. The zero-order chi connectivity index (χ0) is 26.4. The van der Waals surface area contributed by atoms with E-state index in [9.17, 15) is 19.5 Å². The summed E-state index contributed by atoms with van der Waals surface area (Å²) < 4.78 is 11.3. The number of para-hydroxylation sites is 2. The Labute approximate surface area is 219 Å². The van der Waals surface area contributed by atoms with Crippen molar-refractivity contribution in [1.29, 1.82) is 0 Å². The number of anilines is 1. The number of morpholine rings is 1. The first kappa shape index (κ1) is 24.4. The fourth-order valence-electron chi connectivity index (χ4n) is 5.90. The Hall–Kier alpha value is -3.95. The number of ether oxygens (including phenoxy) is 1. The molecule has 196 valence electrons. The standard InChI is InChI=1S/C29H29N3O6/c1-2-11-31-21-9-5-4-8-20(21)29(28(31)36)24(25(33)23-18-19-7-3-6-10-22(19)38-23)26(34)27(35)32(29)13-12-30-14-16-37-17-15-30/h3-10,18,34H,2,11-17H2,1H3/t29-/m1/s1. The van der Waals surface area contributed by atoms with Crippen LogP contribution in [0, 0.1) is 0 Å². The molecular weight excluding hydrogens is 486 g/mol. The number of carbonyl (C=O) groups excluding carboxylic acids is 3. The third-order valence-corrected chi connectivity index (χ3v) is 7.66. The van der Waals surface area contributed by atoms with Crippen molar-refractivity contribution in [3.63, 3.8) is 0 Å². The van der Waals surface area contributed by atoms with Crippen molar-refractivity contribution in [3.05, 3.63) is 77.3 Å². The molecule has 1 fully saturated rings. The van der Waals surface area contributed by atoms with Crippen LogP contribution in [-0.2, 0) is 19.9 Å². The Balaban J connectivity index is 1.50. The Kier molecular flexibility index (Phi) is 6.04. The van der Waals surface area contributed by atoms with E-state index in [0.29, 0.717) is 68.0 Å². The average molecular weight is 516 g/mol. The quantitative estimate of drug-likeness (QED) is 0.482. The maximum Gasteiger partial charge on any atom is 0.290 e. The molecule has 9 nitrogen and oxygen atoms in total. The number of amides is 2. The minimum absolute atomic E-state index is 0.0332. The lowest BCUT2D eigenvalue weighted by Crippen LogP contribution is -2.56. The van der Waals surface area contributed by atoms with Gasteiger partial charge in [0.2, 0.25) is 5.78 Å². The number of carbonyl (C=O) groups is 3. The molecule has 3 aliphatic heterocycles. The smallest absolute Gasteiger partial charge is 0.290 e. The van der Waals surface area contributed by atoms with E-state index in [1.54, 1.807) is 35.2 Å². The van der Waals surface area contributed by atoms with Crippen LogP contribution in [0.3, 0.4) is 0 Å². The summed E-state index contributed by atoms with van der Waals surface area (Å²) in [5.74, 6) is -2.57. The van der Waals surface area contributed by atoms with Gasteiger partial charge in [-0.25, -0.2) is 0 Å². The molecule has 4 heterocycles. The summed E-state index contributed by atoms with van der Waals surface area (Å²) in [5.41, 5.74) is -0.385. The molecule has 0 unspecified atom stereocenters. The third kappa shape index (κ3) is 3.49. The van der Waals surface area contributed by atoms with Crippen LogP contribution >= 0.6 is 0 Å². The van der Waals surface area contributed by atoms with Gasteiger partial charge in [0.25, 0.3) is 11.8 Å². The molecule has 0 aliphatic carbocycles. The molecule has 2 aromatic carbocycles. The van der Waals surface area contributed by atoms with Gasteiger partial charge < -0.3 is 24.1 Å². The molecule has 1 aromatic heterocycles. The maximum atomic E-state index is 14.4. The van der Waals surface area contributed by atoms with Gasteiger partial charge in [0.1, 0.15) is 5.58 Å². The van der Waals surface area contributed by atoms with Gasteiger partial charge in [-0.2, -0.15) is 0 Å². The molecule has 6 rings (SSSR count). The Morgan fingerprint density at radius 2 is 1.74 bits per heavy atom. The monoisotopic (exact) mass is 515 g/mol. The van der Waals surface area contributed by atoms with Crippen molar-refractivity contribution in [2.75, 3.05) is 50.8 Å². The van der Waals surface area contributed by atoms with Crippen LogP contribution < -0.4 is 4.90 Å². The second-order valence-corrected chi connectivity index (χ2v) is 9.80. The summed E-state index contributed by atoms with van der Waals surface area (Å²) in [5, 5.41) is 12.0. The molecule has 9 heteroatoms. The molecule has 1 spiro atoms. The van der Waals surface area contributed by atoms with E-state index < -0.39 is 28.9 Å². The topological polar surface area (TPSA) is 104 Å². The number of fused-ring (bicyclic) bond motifs is 3. The number of hydrogen-bond donors (Lipinski definition) is 1. The number of hydrogen-bond acceptors (Lipinski definition) is 7. The number of Topliss-reactive ketones (excluding diaryl/α,β-unsaturated/α-hetero) is 1. The zero-order valence-corrected chi connectivity index (χ0v) is 21.2. The summed E-state index contributed by atoms with van der Waals surface area (Å²) >= 11 is 0. The molecule has 2 amide bonds. The van der Waals surface area contributed by atoms with Gasteiger partial charge in [-0.3, -0.25) is 19.3 Å². The van der Waals surface area contributed by atoms with Gasteiger partial charge in [0.05, 0.1) is 24.5 Å². The highest BCUT2D eigenvalue weighted by molar-refractivity contribution is 6.26. The summed E-state index contributed by atoms with van der Waals surface area (Å²) in [6.45, 7) is 5.58. The van der Waals surface area contributed by atoms with E-state index in [0.717, 1.165) is 0 Å². The highest BCUT2D eigenvalue weighted by Gasteiger charge is 2.65. The normalized spacial score (nSPS) is 21.8. The lowest BCUT2D eigenvalue weighted by atomic mass is 9.81. The molecule has 0 saturated carbocycles. The van der Waals surface area contributed by atoms with E-state index in [4.69, 9.17) is 9.15 Å². The van der Waals surface area contributed by atoms with E-state index in [-0.39, 0.29) is 17.9 Å². The van der Waals surface area contributed by atoms with Gasteiger partial charge >= 0.3 is 0 Å². The van der Waals surface area contributed by atoms with Crippen molar-refractivity contribution in [3.8, 4) is 0 Å². The van der Waals surface area contributed by atoms with Crippen molar-refractivity contribution in [2.24, 2.45) is 0 Å². The van der Waals surface area contributed by atoms with Crippen LogP contribution in [-0.4, -0.2) is 78.4 Å². The Morgan fingerprint density at radius 1 is 1.00 bits per heavy atom. The van der Waals surface area contributed by atoms with E-state index >= 15 is 0 Å². The number of rotatable bonds is 7. The highest BCUT2D eigenvalue weighted by atomic mass is 16.5. The van der Waals surface area contributed by atoms with Crippen LogP contribution in [0.25, 0.3) is 11.0 Å². The third-order valence-electron chi connectivity index (χ3n) is 7.66. The molecule has 3 aliphatic rings. The number of nitrogens with zero attached hydrogens (tertiary/aromatic N) is 3. The van der Waals surface area contributed by atoms with Crippen molar-refractivity contribution in [2.45, 2.75) is 18.9 Å². The molecule has 0 bridgehead atoms. The minimum Gasteiger partial charge on any atom is -0.503 e. The molecule has 1 N–H and O–H groups in total. The van der Waals surface area contributed by atoms with Crippen molar-refractivity contribution in [1.82, 2.24) is 9.80 Å². The number of benzene rings is 2. The van der Waals surface area contributed by atoms with Gasteiger partial charge in [0, 0.05) is 43.7 Å². The highest BCUT2D eigenvalue weighted by Crippen LogP contribution is 2.53. The maximum absolute atomic E-state index is 14.4. The van der Waals surface area contributed by atoms with E-state index in [2.05, 4.69) is 4.90 Å². The van der Waals surface area contributed by atoms with E-state index in [1.165, 1.54) is 4.90 Å². The first-order valence-electron chi connectivity index (χ1n) is 13.0. The SMILES string of the molecule is CCCN1C(=O)[C@]2(C(C(=O)c3cc4ccccc4o3)=C(O)C(=O)N2CCN2CCOCC2)c2ccccc21. The molecular formula is C29H29N3O6. The Bertz CT molecular complexity index is 1440. The average Bonchev–Trinajstić information content (AvgIpc) is 3.55. The predicted molar refractivity (Wildman–Crippen MR) is 140 cm³/mol. The first-order valence-corrected chi connectivity index (χ1v) is 13.0. The fourth-order valence-corrected chi connectivity index (χ4v) is 5.90. The molecule has 38 heavy (non-hydrogen) atoms. The van der Waals surface area contributed by atoms with Crippen LogP contribution in [0.5, 0.6) is 0 Å². The van der Waals surface area contributed by atoms with Gasteiger partial charge in [-0.15, -0.1) is 0 Å². The lowest BCUT2D eigenvalue weighted by molar-refractivity contribution is -0.140. The van der Waals surface area contributed by atoms with Crippen LogP contribution in [0.2, 0.25) is 0 Å². The Morgan fingerprint density at radius 3 is 2.50 bits per heavy atom. The van der Waals surface area contributed by atoms with Crippen LogP contribution in [0.1, 0.15) is 29.5 Å². The fraction of sp³-hybridized carbons (Fsp3) is 0.345. The molecule has 3 aromatic rings. The van der Waals surface area contributed by atoms with Gasteiger partial charge in [-0.1, -0.05) is 43.3 Å². The number of aliphatic hydroxyl groups excluding tert-OH is 1. The van der Waals surface area contributed by atoms with Crippen molar-refractivity contribution < 1.29 is 28.6 Å². The number of furan rings is 1. The number of ketones is 1. The zero-order valence-electron chi connectivity index (χ0n) is 21.2. The molecule has 0 radical (unpaired) electrons. The number of aliphatic hydroxyl groups is 1. The summed E-state index contributed by atoms with van der Waals surface area (Å²) in [6.07, 6.45) is 0.681. The largest absolute Gasteiger partial charge is 0.503 e.